The molecule has 0 saturated heterocycles. The van der Waals surface area contributed by atoms with Crippen molar-refractivity contribution in [3.05, 3.63) is 66.1 Å². The second kappa shape index (κ2) is 5.06. The van der Waals surface area contributed by atoms with Gasteiger partial charge < -0.3 is 5.32 Å². The number of para-hydroxylation sites is 1. The number of aromatic nitrogens is 2. The maximum Gasteiger partial charge on any atom is 0.0751 e. The third-order valence-electron chi connectivity index (χ3n) is 3.10. The van der Waals surface area contributed by atoms with Crippen molar-refractivity contribution in [2.24, 2.45) is 0 Å². The lowest BCUT2D eigenvalue weighted by Gasteiger charge is -2.09. The molecule has 0 radical (unpaired) electrons. The van der Waals surface area contributed by atoms with Crippen LogP contribution < -0.4 is 5.32 Å². The van der Waals surface area contributed by atoms with E-state index in [4.69, 9.17) is 0 Å². The molecule has 3 aromatic rings. The Bertz CT molecular complexity index is 702. The van der Waals surface area contributed by atoms with Gasteiger partial charge in [-0.05, 0) is 30.7 Å². The van der Waals surface area contributed by atoms with E-state index in [-0.39, 0.29) is 0 Å². The lowest BCUT2D eigenvalue weighted by Crippen LogP contribution is -2.01. The summed E-state index contributed by atoms with van der Waals surface area (Å²) in [7, 11) is 0. The summed E-state index contributed by atoms with van der Waals surface area (Å²) in [6.45, 7) is 2.75. The smallest absolute Gasteiger partial charge is 0.0751 e. The third kappa shape index (κ3) is 2.55. The molecule has 3 nitrogen and oxygen atoms in total. The van der Waals surface area contributed by atoms with E-state index >= 15 is 0 Å². The maximum atomic E-state index is 4.46. The first-order chi connectivity index (χ1) is 9.33. The normalized spacial score (nSPS) is 10.6. The van der Waals surface area contributed by atoms with E-state index in [1.165, 1.54) is 10.9 Å². The molecular formula is C16H15N3. The minimum atomic E-state index is 0.762. The Morgan fingerprint density at radius 1 is 1.00 bits per heavy atom. The first-order valence-corrected chi connectivity index (χ1v) is 6.32. The first kappa shape index (κ1) is 11.7. The molecule has 3 rings (SSSR count). The number of fused-ring (bicyclic) bond motifs is 1. The minimum absolute atomic E-state index is 0.762. The Hall–Kier alpha value is -2.42. The van der Waals surface area contributed by atoms with Crippen LogP contribution in [0.1, 0.15) is 11.3 Å². The molecule has 2 aromatic heterocycles. The van der Waals surface area contributed by atoms with E-state index in [1.54, 1.807) is 0 Å². The van der Waals surface area contributed by atoms with Gasteiger partial charge in [-0.2, -0.15) is 0 Å². The highest BCUT2D eigenvalue weighted by atomic mass is 14.9. The molecule has 0 fully saturated rings. The van der Waals surface area contributed by atoms with Gasteiger partial charge in [-0.1, -0.05) is 24.3 Å². The Labute approximate surface area is 112 Å². The number of aryl methyl sites for hydroxylation is 1. The van der Waals surface area contributed by atoms with Crippen LogP contribution >= 0.6 is 0 Å². The monoisotopic (exact) mass is 249 g/mol. The first-order valence-electron chi connectivity index (χ1n) is 6.32. The Morgan fingerprint density at radius 3 is 2.79 bits per heavy atom. The van der Waals surface area contributed by atoms with Crippen LogP contribution in [-0.4, -0.2) is 9.97 Å². The molecule has 0 bridgehead atoms. The van der Waals surface area contributed by atoms with E-state index in [9.17, 15) is 0 Å². The predicted octanol–water partition coefficient (Wildman–Crippen LogP) is 3.55. The summed E-state index contributed by atoms with van der Waals surface area (Å²) in [5.41, 5.74) is 4.36. The van der Waals surface area contributed by atoms with Crippen molar-refractivity contribution in [3.63, 3.8) is 0 Å². The molecule has 2 heterocycles. The second-order valence-corrected chi connectivity index (χ2v) is 4.53. The molecule has 94 valence electrons. The van der Waals surface area contributed by atoms with Gasteiger partial charge in [-0.25, -0.2) is 0 Å². The van der Waals surface area contributed by atoms with E-state index in [0.717, 1.165) is 23.4 Å². The third-order valence-corrected chi connectivity index (χ3v) is 3.10. The number of pyridine rings is 2. The molecule has 3 heteroatoms. The average molecular weight is 249 g/mol. The number of rotatable bonds is 3. The highest BCUT2D eigenvalue weighted by molar-refractivity contribution is 5.81. The van der Waals surface area contributed by atoms with Crippen molar-refractivity contribution >= 4 is 16.6 Å². The number of hydrogen-bond acceptors (Lipinski definition) is 3. The fourth-order valence-corrected chi connectivity index (χ4v) is 2.16. The molecule has 0 aliphatic rings. The zero-order valence-corrected chi connectivity index (χ0v) is 10.8. The van der Waals surface area contributed by atoms with E-state index in [0.29, 0.717) is 0 Å². The molecular weight excluding hydrogens is 234 g/mol. The van der Waals surface area contributed by atoms with Gasteiger partial charge in [0.25, 0.3) is 0 Å². The second-order valence-electron chi connectivity index (χ2n) is 4.53. The number of nitrogens with one attached hydrogen (secondary N) is 1. The van der Waals surface area contributed by atoms with E-state index in [1.807, 2.05) is 37.5 Å². The largest absolute Gasteiger partial charge is 0.381 e. The van der Waals surface area contributed by atoms with Gasteiger partial charge in [0, 0.05) is 35.7 Å². The number of hydrogen-bond donors (Lipinski definition) is 1. The molecule has 0 spiro atoms. The van der Waals surface area contributed by atoms with Crippen molar-refractivity contribution in [3.8, 4) is 0 Å². The van der Waals surface area contributed by atoms with Crippen molar-refractivity contribution in [1.82, 2.24) is 9.97 Å². The Morgan fingerprint density at radius 2 is 1.89 bits per heavy atom. The summed E-state index contributed by atoms with van der Waals surface area (Å²) in [6.07, 6.45) is 3.65. The van der Waals surface area contributed by atoms with Crippen LogP contribution in [0.3, 0.4) is 0 Å². The predicted molar refractivity (Wildman–Crippen MR) is 78.0 cm³/mol. The fraction of sp³-hybridized carbons (Fsp3) is 0.125. The lowest BCUT2D eigenvalue weighted by molar-refractivity contribution is 1.13. The van der Waals surface area contributed by atoms with Gasteiger partial charge in [0.2, 0.25) is 0 Å². The van der Waals surface area contributed by atoms with Crippen molar-refractivity contribution in [2.45, 2.75) is 13.5 Å². The molecule has 0 amide bonds. The molecule has 0 unspecified atom stereocenters. The van der Waals surface area contributed by atoms with Crippen molar-refractivity contribution in [2.75, 3.05) is 5.32 Å². The zero-order valence-electron chi connectivity index (χ0n) is 10.8. The maximum absolute atomic E-state index is 4.46. The number of nitrogens with zero attached hydrogens (tertiary/aromatic N) is 2. The van der Waals surface area contributed by atoms with Crippen LogP contribution in [0.2, 0.25) is 0 Å². The van der Waals surface area contributed by atoms with Gasteiger partial charge in [0.1, 0.15) is 0 Å². The average Bonchev–Trinajstić information content (AvgIpc) is 2.45. The van der Waals surface area contributed by atoms with Gasteiger partial charge in [0.05, 0.1) is 5.52 Å². The van der Waals surface area contributed by atoms with Crippen LogP contribution in [0, 0.1) is 6.92 Å². The molecule has 0 aliphatic heterocycles. The zero-order chi connectivity index (χ0) is 13.1. The summed E-state index contributed by atoms with van der Waals surface area (Å²) in [5, 5.41) is 4.59. The molecule has 0 atom stereocenters. The van der Waals surface area contributed by atoms with Gasteiger partial charge in [-0.15, -0.1) is 0 Å². The Kier molecular flexibility index (Phi) is 3.11. The topological polar surface area (TPSA) is 37.8 Å². The summed E-state index contributed by atoms with van der Waals surface area (Å²) in [5.74, 6) is 0. The minimum Gasteiger partial charge on any atom is -0.381 e. The molecule has 0 saturated carbocycles. The van der Waals surface area contributed by atoms with Crippen molar-refractivity contribution < 1.29 is 0 Å². The van der Waals surface area contributed by atoms with Crippen LogP contribution in [0.4, 0.5) is 5.69 Å². The molecule has 1 N–H and O–H groups in total. The summed E-state index contributed by atoms with van der Waals surface area (Å²) >= 11 is 0. The standard InChI is InChI=1S/C16H15N3/c1-12-10-15(7-9-17-12)19-11-14-5-2-4-13-6-3-8-18-16(13)14/h2-10H,11H2,1H3,(H,17,19). The van der Waals surface area contributed by atoms with Gasteiger partial charge >= 0.3 is 0 Å². The van der Waals surface area contributed by atoms with Gasteiger partial charge in [-0.3, -0.25) is 9.97 Å². The quantitative estimate of drug-likeness (QED) is 0.771. The Balaban J connectivity index is 1.86. The molecule has 19 heavy (non-hydrogen) atoms. The summed E-state index contributed by atoms with van der Waals surface area (Å²) in [4.78, 5) is 8.65. The number of benzene rings is 1. The SMILES string of the molecule is Cc1cc(NCc2cccc3cccnc23)ccn1. The van der Waals surface area contributed by atoms with Crippen LogP contribution in [-0.2, 0) is 6.54 Å². The highest BCUT2D eigenvalue weighted by Crippen LogP contribution is 2.17. The van der Waals surface area contributed by atoms with Gasteiger partial charge in [0.15, 0.2) is 0 Å². The van der Waals surface area contributed by atoms with E-state index in [2.05, 4.69) is 39.6 Å². The molecule has 0 aliphatic carbocycles. The summed E-state index contributed by atoms with van der Waals surface area (Å²) in [6, 6.07) is 14.3. The number of anilines is 1. The van der Waals surface area contributed by atoms with Crippen molar-refractivity contribution in [1.29, 1.82) is 0 Å². The summed E-state index contributed by atoms with van der Waals surface area (Å²) < 4.78 is 0. The highest BCUT2D eigenvalue weighted by Gasteiger charge is 2.01. The van der Waals surface area contributed by atoms with E-state index < -0.39 is 0 Å². The van der Waals surface area contributed by atoms with Crippen LogP contribution in [0.15, 0.2) is 54.9 Å². The molecule has 1 aromatic carbocycles. The van der Waals surface area contributed by atoms with Crippen LogP contribution in [0.25, 0.3) is 10.9 Å². The fourth-order valence-electron chi connectivity index (χ4n) is 2.16. The van der Waals surface area contributed by atoms with Crippen LogP contribution in [0.5, 0.6) is 0 Å². The lowest BCUT2D eigenvalue weighted by atomic mass is 10.1.